The zero-order chi connectivity index (χ0) is 19.5. The highest BCUT2D eigenvalue weighted by Crippen LogP contribution is 2.24. The molecule has 2 aliphatic heterocycles. The summed E-state index contributed by atoms with van der Waals surface area (Å²) in [5.74, 6) is 0.234. The molecule has 2 aromatic rings. The van der Waals surface area contributed by atoms with Crippen molar-refractivity contribution in [3.05, 3.63) is 47.3 Å². The fourth-order valence-corrected chi connectivity index (χ4v) is 3.87. The van der Waals surface area contributed by atoms with Gasteiger partial charge in [0.25, 0.3) is 0 Å². The van der Waals surface area contributed by atoms with Crippen LogP contribution in [0.4, 0.5) is 5.69 Å². The van der Waals surface area contributed by atoms with E-state index in [1.807, 2.05) is 41.0 Å². The van der Waals surface area contributed by atoms with E-state index in [0.717, 1.165) is 29.7 Å². The summed E-state index contributed by atoms with van der Waals surface area (Å²) in [6.45, 7) is 4.52. The first kappa shape index (κ1) is 18.7. The van der Waals surface area contributed by atoms with Gasteiger partial charge >= 0.3 is 0 Å². The number of hydrogen-bond acceptors (Lipinski definition) is 4. The number of fused-ring (bicyclic) bond motifs is 1. The fourth-order valence-electron chi connectivity index (χ4n) is 3.87. The molecule has 1 N–H and O–H groups in total. The van der Waals surface area contributed by atoms with E-state index in [1.165, 1.54) is 5.56 Å². The van der Waals surface area contributed by atoms with Crippen molar-refractivity contribution in [3.8, 4) is 0 Å². The van der Waals surface area contributed by atoms with Crippen molar-refractivity contribution in [2.45, 2.75) is 45.3 Å². The highest BCUT2D eigenvalue weighted by Gasteiger charge is 2.24. The third kappa shape index (κ3) is 4.42. The number of nitrogens with zero attached hydrogens (tertiary/aromatic N) is 3. The van der Waals surface area contributed by atoms with Crippen molar-refractivity contribution >= 4 is 17.5 Å². The third-order valence-electron chi connectivity index (χ3n) is 5.30. The Labute approximate surface area is 164 Å². The molecule has 3 heterocycles. The number of morpholine rings is 1. The summed E-state index contributed by atoms with van der Waals surface area (Å²) in [7, 11) is 0. The number of benzene rings is 1. The molecule has 148 valence electrons. The van der Waals surface area contributed by atoms with E-state index >= 15 is 0 Å². The number of amides is 2. The van der Waals surface area contributed by atoms with E-state index < -0.39 is 0 Å². The molecular weight excluding hydrogens is 356 g/mol. The van der Waals surface area contributed by atoms with Gasteiger partial charge in [-0.25, -0.2) is 0 Å². The largest absolute Gasteiger partial charge is 0.373 e. The average Bonchev–Trinajstić information content (AvgIpc) is 3.25. The van der Waals surface area contributed by atoms with Gasteiger partial charge in [0.15, 0.2) is 0 Å². The van der Waals surface area contributed by atoms with Gasteiger partial charge in [-0.3, -0.25) is 14.3 Å². The lowest BCUT2D eigenvalue weighted by Gasteiger charge is -2.33. The summed E-state index contributed by atoms with van der Waals surface area (Å²) in [4.78, 5) is 26.0. The predicted molar refractivity (Wildman–Crippen MR) is 105 cm³/mol. The van der Waals surface area contributed by atoms with Gasteiger partial charge in [0.05, 0.1) is 31.9 Å². The maximum absolute atomic E-state index is 12.6. The topological polar surface area (TPSA) is 76.5 Å². The summed E-state index contributed by atoms with van der Waals surface area (Å²) in [5.41, 5.74) is 4.27. The van der Waals surface area contributed by atoms with Gasteiger partial charge in [0.2, 0.25) is 11.8 Å². The Balaban J connectivity index is 1.24. The van der Waals surface area contributed by atoms with Gasteiger partial charge in [0.1, 0.15) is 0 Å². The highest BCUT2D eigenvalue weighted by molar-refractivity contribution is 5.99. The van der Waals surface area contributed by atoms with Crippen LogP contribution in [0.5, 0.6) is 0 Å². The molecule has 7 nitrogen and oxygen atoms in total. The Hall–Kier alpha value is -2.67. The lowest BCUT2D eigenvalue weighted by molar-refractivity contribution is -0.139. The Kier molecular flexibility index (Phi) is 5.43. The molecule has 28 heavy (non-hydrogen) atoms. The smallest absolute Gasteiger partial charge is 0.228 e. The molecule has 1 unspecified atom stereocenters. The molecule has 1 aromatic carbocycles. The van der Waals surface area contributed by atoms with E-state index in [4.69, 9.17) is 4.74 Å². The molecule has 1 fully saturated rings. The van der Waals surface area contributed by atoms with Crippen molar-refractivity contribution in [3.63, 3.8) is 0 Å². The van der Waals surface area contributed by atoms with Crippen molar-refractivity contribution in [1.29, 1.82) is 0 Å². The molecule has 1 aromatic heterocycles. The SMILES string of the molecule is Cc1cnn(CC2CN(C(=O)CCCc3ccc4c(c3)CC(=O)N4)CCO2)c1. The quantitative estimate of drug-likeness (QED) is 0.828. The summed E-state index contributed by atoms with van der Waals surface area (Å²) in [5, 5.41) is 7.15. The molecule has 0 spiro atoms. The maximum atomic E-state index is 12.6. The number of ether oxygens (including phenoxy) is 1. The van der Waals surface area contributed by atoms with Crippen LogP contribution < -0.4 is 5.32 Å². The van der Waals surface area contributed by atoms with Crippen molar-refractivity contribution in [2.24, 2.45) is 0 Å². The highest BCUT2D eigenvalue weighted by atomic mass is 16.5. The molecule has 1 atom stereocenters. The molecule has 0 radical (unpaired) electrons. The second-order valence-electron chi connectivity index (χ2n) is 7.64. The van der Waals surface area contributed by atoms with Gasteiger partial charge < -0.3 is 15.0 Å². The minimum atomic E-state index is -0.0150. The van der Waals surface area contributed by atoms with Gasteiger partial charge in [-0.15, -0.1) is 0 Å². The van der Waals surface area contributed by atoms with Crippen LogP contribution >= 0.6 is 0 Å². The Morgan fingerprint density at radius 1 is 1.39 bits per heavy atom. The van der Waals surface area contributed by atoms with E-state index in [0.29, 0.717) is 39.1 Å². The lowest BCUT2D eigenvalue weighted by atomic mass is 10.0. The first-order valence-corrected chi connectivity index (χ1v) is 9.87. The number of hydrogen-bond donors (Lipinski definition) is 1. The van der Waals surface area contributed by atoms with Crippen LogP contribution in [0.25, 0.3) is 0 Å². The monoisotopic (exact) mass is 382 g/mol. The fraction of sp³-hybridized carbons (Fsp3) is 0.476. The van der Waals surface area contributed by atoms with Gasteiger partial charge in [-0.2, -0.15) is 5.10 Å². The number of aromatic nitrogens is 2. The number of nitrogens with one attached hydrogen (secondary N) is 1. The van der Waals surface area contributed by atoms with Crippen LogP contribution in [-0.4, -0.2) is 52.3 Å². The Morgan fingerprint density at radius 2 is 2.29 bits per heavy atom. The Morgan fingerprint density at radius 3 is 3.11 bits per heavy atom. The molecule has 7 heteroatoms. The number of carbonyl (C=O) groups excluding carboxylic acids is 2. The number of carbonyl (C=O) groups is 2. The van der Waals surface area contributed by atoms with Crippen LogP contribution in [-0.2, 0) is 33.7 Å². The summed E-state index contributed by atoms with van der Waals surface area (Å²) in [6.07, 6.45) is 6.43. The normalized spacial score (nSPS) is 18.8. The van der Waals surface area contributed by atoms with E-state index in [2.05, 4.69) is 16.5 Å². The standard InChI is InChI=1S/C21H26N4O3/c1-15-11-22-25(12-15)14-18-13-24(7-8-28-18)21(27)4-2-3-16-5-6-19-17(9-16)10-20(26)23-19/h5-6,9,11-12,18H,2-4,7-8,10,13-14H2,1H3,(H,23,26). The zero-order valence-electron chi connectivity index (χ0n) is 16.2. The molecule has 2 aliphatic rings. The van der Waals surface area contributed by atoms with E-state index in [-0.39, 0.29) is 17.9 Å². The van der Waals surface area contributed by atoms with Crippen LogP contribution in [0.1, 0.15) is 29.5 Å². The Bertz CT molecular complexity index is 876. The molecule has 0 saturated carbocycles. The summed E-state index contributed by atoms with van der Waals surface area (Å²) < 4.78 is 7.68. The van der Waals surface area contributed by atoms with Crippen LogP contribution in [0.15, 0.2) is 30.6 Å². The van der Waals surface area contributed by atoms with Crippen LogP contribution in [0, 0.1) is 6.92 Å². The second kappa shape index (κ2) is 8.14. The predicted octanol–water partition coefficient (Wildman–Crippen LogP) is 1.94. The number of anilines is 1. The van der Waals surface area contributed by atoms with Crippen molar-refractivity contribution < 1.29 is 14.3 Å². The van der Waals surface area contributed by atoms with Crippen LogP contribution in [0.3, 0.4) is 0 Å². The molecule has 2 amide bonds. The number of aryl methyl sites for hydroxylation is 2. The van der Waals surface area contributed by atoms with Crippen LogP contribution in [0.2, 0.25) is 0 Å². The second-order valence-corrected chi connectivity index (χ2v) is 7.64. The van der Waals surface area contributed by atoms with Crippen molar-refractivity contribution in [2.75, 3.05) is 25.0 Å². The average molecular weight is 382 g/mol. The molecular formula is C21H26N4O3. The number of rotatable bonds is 6. The molecule has 1 saturated heterocycles. The summed E-state index contributed by atoms with van der Waals surface area (Å²) in [6, 6.07) is 6.07. The summed E-state index contributed by atoms with van der Waals surface area (Å²) >= 11 is 0. The first-order valence-electron chi connectivity index (χ1n) is 9.87. The first-order chi connectivity index (χ1) is 13.6. The lowest BCUT2D eigenvalue weighted by Crippen LogP contribution is -2.47. The van der Waals surface area contributed by atoms with E-state index in [9.17, 15) is 9.59 Å². The maximum Gasteiger partial charge on any atom is 0.228 e. The minimum absolute atomic E-state index is 0.0150. The van der Waals surface area contributed by atoms with Gasteiger partial charge in [-0.1, -0.05) is 12.1 Å². The molecule has 0 bridgehead atoms. The van der Waals surface area contributed by atoms with Gasteiger partial charge in [-0.05, 0) is 42.5 Å². The molecule has 0 aliphatic carbocycles. The zero-order valence-corrected chi connectivity index (χ0v) is 16.2. The molecule has 4 rings (SSSR count). The van der Waals surface area contributed by atoms with Gasteiger partial charge in [0, 0.05) is 31.4 Å². The third-order valence-corrected chi connectivity index (χ3v) is 5.30. The van der Waals surface area contributed by atoms with E-state index in [1.54, 1.807) is 0 Å². The minimum Gasteiger partial charge on any atom is -0.373 e. The van der Waals surface area contributed by atoms with Crippen molar-refractivity contribution in [1.82, 2.24) is 14.7 Å².